The highest BCUT2D eigenvalue weighted by atomic mass is 127. The number of guanidine groups is 1. The number of furan rings is 1. The van der Waals surface area contributed by atoms with Gasteiger partial charge >= 0.3 is 0 Å². The minimum atomic E-state index is 0. The summed E-state index contributed by atoms with van der Waals surface area (Å²) in [5.41, 5.74) is 6.35. The number of halogens is 1. The molecule has 2 fully saturated rings. The van der Waals surface area contributed by atoms with Gasteiger partial charge in [-0.25, -0.2) is 9.97 Å². The third-order valence-electron chi connectivity index (χ3n) is 5.44. The van der Waals surface area contributed by atoms with E-state index in [-0.39, 0.29) is 30.0 Å². The van der Waals surface area contributed by atoms with Gasteiger partial charge in [0, 0.05) is 51.7 Å². The molecule has 0 radical (unpaired) electrons. The maximum Gasteiger partial charge on any atom is 0.225 e. The SMILES string of the molecule is Cc1ccc(C(CN=C(N)N2CCN(c3ncccn3)CC2)N2CCOCC2)o1.I. The van der Waals surface area contributed by atoms with Crippen LogP contribution in [-0.2, 0) is 4.74 Å². The molecule has 2 N–H and O–H groups in total. The number of aromatic nitrogens is 2. The third-order valence-corrected chi connectivity index (χ3v) is 5.44. The van der Waals surface area contributed by atoms with E-state index in [1.54, 1.807) is 12.4 Å². The van der Waals surface area contributed by atoms with Gasteiger partial charge in [-0.05, 0) is 25.1 Å². The summed E-state index contributed by atoms with van der Waals surface area (Å²) in [5.74, 6) is 3.20. The molecule has 1 unspecified atom stereocenters. The number of aryl methyl sites for hydroxylation is 1. The minimum absolute atomic E-state index is 0. The van der Waals surface area contributed by atoms with Gasteiger partial charge in [0.2, 0.25) is 5.95 Å². The average molecular weight is 527 g/mol. The fourth-order valence-electron chi connectivity index (χ4n) is 3.78. The van der Waals surface area contributed by atoms with E-state index in [1.165, 1.54) is 0 Å². The van der Waals surface area contributed by atoms with Crippen molar-refractivity contribution in [1.82, 2.24) is 19.8 Å². The first-order chi connectivity index (χ1) is 14.2. The van der Waals surface area contributed by atoms with E-state index in [1.807, 2.05) is 25.1 Å². The van der Waals surface area contributed by atoms with Gasteiger partial charge in [-0.2, -0.15) is 0 Å². The topological polar surface area (TPSA) is 96.2 Å². The van der Waals surface area contributed by atoms with Crippen molar-refractivity contribution < 1.29 is 9.15 Å². The number of piperazine rings is 1. The lowest BCUT2D eigenvalue weighted by Crippen LogP contribution is -2.51. The fraction of sp³-hybridized carbons (Fsp3) is 0.550. The summed E-state index contributed by atoms with van der Waals surface area (Å²) in [7, 11) is 0. The van der Waals surface area contributed by atoms with Crippen LogP contribution in [0.25, 0.3) is 0 Å². The van der Waals surface area contributed by atoms with Crippen molar-refractivity contribution in [3.63, 3.8) is 0 Å². The van der Waals surface area contributed by atoms with Crippen LogP contribution in [0.1, 0.15) is 17.6 Å². The first-order valence-electron chi connectivity index (χ1n) is 10.2. The Bertz CT molecular complexity index is 802. The Morgan fingerprint density at radius 3 is 2.43 bits per heavy atom. The van der Waals surface area contributed by atoms with Gasteiger partial charge in [0.25, 0.3) is 0 Å². The second kappa shape index (κ2) is 10.9. The van der Waals surface area contributed by atoms with Crippen molar-refractivity contribution in [1.29, 1.82) is 0 Å². The van der Waals surface area contributed by atoms with Crippen LogP contribution in [0.4, 0.5) is 5.95 Å². The van der Waals surface area contributed by atoms with Crippen LogP contribution in [0.5, 0.6) is 0 Å². The standard InChI is InChI=1S/C20H29N7O2.HI/c1-16-3-4-18(29-16)17(25-11-13-28-14-12-25)15-24-19(21)26-7-9-27(10-8-26)20-22-5-2-6-23-20;/h2-6,17H,7-15H2,1H3,(H2,21,24);1H. The van der Waals surface area contributed by atoms with Gasteiger partial charge in [0.1, 0.15) is 11.5 Å². The number of ether oxygens (including phenoxy) is 1. The zero-order valence-corrected chi connectivity index (χ0v) is 19.6. The predicted octanol–water partition coefficient (Wildman–Crippen LogP) is 1.51. The smallest absolute Gasteiger partial charge is 0.225 e. The highest BCUT2D eigenvalue weighted by Gasteiger charge is 2.26. The van der Waals surface area contributed by atoms with Crippen LogP contribution in [0, 0.1) is 6.92 Å². The molecule has 0 aromatic carbocycles. The van der Waals surface area contributed by atoms with E-state index < -0.39 is 0 Å². The average Bonchev–Trinajstić information content (AvgIpc) is 3.21. The van der Waals surface area contributed by atoms with Crippen molar-refractivity contribution in [2.24, 2.45) is 10.7 Å². The summed E-state index contributed by atoms with van der Waals surface area (Å²) in [6.45, 7) is 9.00. The lowest BCUT2D eigenvalue weighted by atomic mass is 10.1. The molecule has 164 valence electrons. The van der Waals surface area contributed by atoms with Crippen LogP contribution in [0.3, 0.4) is 0 Å². The molecule has 0 saturated carbocycles. The fourth-order valence-corrected chi connectivity index (χ4v) is 3.78. The third kappa shape index (κ3) is 5.61. The number of anilines is 1. The first-order valence-corrected chi connectivity index (χ1v) is 10.2. The maximum absolute atomic E-state index is 6.35. The molecule has 30 heavy (non-hydrogen) atoms. The summed E-state index contributed by atoms with van der Waals surface area (Å²) < 4.78 is 11.4. The Kier molecular flexibility index (Phi) is 8.28. The summed E-state index contributed by atoms with van der Waals surface area (Å²) in [5, 5.41) is 0. The predicted molar refractivity (Wildman–Crippen MR) is 126 cm³/mol. The largest absolute Gasteiger partial charge is 0.465 e. The van der Waals surface area contributed by atoms with Crippen molar-refractivity contribution in [3.05, 3.63) is 42.1 Å². The molecule has 1 atom stereocenters. The van der Waals surface area contributed by atoms with E-state index in [2.05, 4.69) is 24.7 Å². The van der Waals surface area contributed by atoms with Crippen LogP contribution in [0.15, 0.2) is 40.0 Å². The zero-order chi connectivity index (χ0) is 20.1. The van der Waals surface area contributed by atoms with Gasteiger partial charge in [-0.1, -0.05) is 0 Å². The first kappa shape index (κ1) is 22.8. The van der Waals surface area contributed by atoms with Crippen molar-refractivity contribution in [3.8, 4) is 0 Å². The van der Waals surface area contributed by atoms with Gasteiger partial charge in [0.05, 0.1) is 25.8 Å². The van der Waals surface area contributed by atoms with E-state index in [0.29, 0.717) is 12.5 Å². The maximum atomic E-state index is 6.35. The van der Waals surface area contributed by atoms with E-state index in [4.69, 9.17) is 19.9 Å². The minimum Gasteiger partial charge on any atom is -0.465 e. The van der Waals surface area contributed by atoms with Crippen molar-refractivity contribution in [2.75, 3.05) is 63.9 Å². The molecule has 10 heteroatoms. The quantitative estimate of drug-likeness (QED) is 0.355. The molecule has 0 bridgehead atoms. The lowest BCUT2D eigenvalue weighted by molar-refractivity contribution is 0.0135. The summed E-state index contributed by atoms with van der Waals surface area (Å²) >= 11 is 0. The van der Waals surface area contributed by atoms with E-state index >= 15 is 0 Å². The number of hydrogen-bond acceptors (Lipinski definition) is 7. The molecule has 4 heterocycles. The van der Waals surface area contributed by atoms with Crippen LogP contribution < -0.4 is 10.6 Å². The molecule has 0 spiro atoms. The molecule has 0 amide bonds. The van der Waals surface area contributed by atoms with E-state index in [0.717, 1.165) is 70.0 Å². The Balaban J connectivity index is 0.00000256. The molecule has 0 aliphatic carbocycles. The van der Waals surface area contributed by atoms with Crippen molar-refractivity contribution >= 4 is 35.9 Å². The zero-order valence-electron chi connectivity index (χ0n) is 17.3. The molecule has 2 aliphatic rings. The molecule has 2 saturated heterocycles. The van der Waals surface area contributed by atoms with Crippen LogP contribution in [-0.4, -0.2) is 84.8 Å². The summed E-state index contributed by atoms with van der Waals surface area (Å²) in [6.07, 6.45) is 3.54. The number of hydrogen-bond donors (Lipinski definition) is 1. The molecule has 2 aliphatic heterocycles. The Morgan fingerprint density at radius 2 is 1.80 bits per heavy atom. The summed E-state index contributed by atoms with van der Waals surface area (Å²) in [4.78, 5) is 20.1. The Labute approximate surface area is 194 Å². The molecular formula is C20H30IN7O2. The van der Waals surface area contributed by atoms with Gasteiger partial charge < -0.3 is 24.7 Å². The molecule has 2 aromatic rings. The highest BCUT2D eigenvalue weighted by Crippen LogP contribution is 2.24. The highest BCUT2D eigenvalue weighted by molar-refractivity contribution is 14.0. The van der Waals surface area contributed by atoms with Gasteiger partial charge in [-0.15, -0.1) is 24.0 Å². The second-order valence-electron chi connectivity index (χ2n) is 7.33. The van der Waals surface area contributed by atoms with Gasteiger partial charge in [-0.3, -0.25) is 9.89 Å². The number of nitrogens with zero attached hydrogens (tertiary/aromatic N) is 6. The monoisotopic (exact) mass is 527 g/mol. The number of nitrogens with two attached hydrogens (primary N) is 1. The van der Waals surface area contributed by atoms with E-state index in [9.17, 15) is 0 Å². The Hall–Kier alpha value is -1.92. The van der Waals surface area contributed by atoms with Crippen LogP contribution >= 0.6 is 24.0 Å². The van der Waals surface area contributed by atoms with Gasteiger partial charge in [0.15, 0.2) is 5.96 Å². The Morgan fingerprint density at radius 1 is 1.10 bits per heavy atom. The molecule has 9 nitrogen and oxygen atoms in total. The molecular weight excluding hydrogens is 497 g/mol. The number of rotatable bonds is 5. The molecule has 2 aromatic heterocycles. The van der Waals surface area contributed by atoms with Crippen molar-refractivity contribution in [2.45, 2.75) is 13.0 Å². The molecule has 4 rings (SSSR count). The van der Waals surface area contributed by atoms with Crippen LogP contribution in [0.2, 0.25) is 0 Å². The second-order valence-corrected chi connectivity index (χ2v) is 7.33. The number of aliphatic imine (C=N–C) groups is 1. The number of morpholine rings is 1. The normalized spacial score (nSPS) is 19.4. The lowest BCUT2D eigenvalue weighted by Gasteiger charge is -2.36. The summed E-state index contributed by atoms with van der Waals surface area (Å²) in [6, 6.07) is 5.95.